The van der Waals surface area contributed by atoms with Gasteiger partial charge in [0, 0.05) is 12.4 Å². The number of hydrogen-bond acceptors (Lipinski definition) is 3. The van der Waals surface area contributed by atoms with Gasteiger partial charge in [0.2, 0.25) is 0 Å². The summed E-state index contributed by atoms with van der Waals surface area (Å²) < 4.78 is 0. The van der Waals surface area contributed by atoms with E-state index in [-0.39, 0.29) is 11.6 Å². The molecule has 0 aromatic carbocycles. The average Bonchev–Trinajstić information content (AvgIpc) is 2.18. The van der Waals surface area contributed by atoms with Crippen LogP contribution in [0.3, 0.4) is 0 Å². The number of carbonyl (C=O) groups excluding carboxylic acids is 2. The van der Waals surface area contributed by atoms with Crippen LogP contribution in [0.1, 0.15) is 13.8 Å². The standard InChI is InChI=1S/C11H15NO2Si/c1-8(13)11(9(2)14)7-15-10-4-3-5-12-6-10/h3-6,11H,7,15H2,1-2H3. The molecule has 0 aliphatic heterocycles. The van der Waals surface area contributed by atoms with Gasteiger partial charge in [-0.1, -0.05) is 6.07 Å². The number of nitrogens with zero attached hydrogens (tertiary/aromatic N) is 1. The third kappa shape index (κ3) is 3.75. The summed E-state index contributed by atoms with van der Waals surface area (Å²) in [4.78, 5) is 26.4. The fourth-order valence-corrected chi connectivity index (χ4v) is 3.52. The Bertz CT molecular complexity index is 337. The first-order valence-corrected chi connectivity index (χ1v) is 6.71. The normalized spacial score (nSPS) is 11.1. The largest absolute Gasteiger partial charge is 0.299 e. The first kappa shape index (κ1) is 11.8. The Morgan fingerprint density at radius 1 is 1.40 bits per heavy atom. The summed E-state index contributed by atoms with van der Waals surface area (Å²) in [7, 11) is -0.549. The van der Waals surface area contributed by atoms with Crippen molar-refractivity contribution in [1.29, 1.82) is 0 Å². The van der Waals surface area contributed by atoms with Crippen molar-refractivity contribution < 1.29 is 9.59 Å². The number of rotatable bonds is 5. The van der Waals surface area contributed by atoms with Crippen LogP contribution in [0.25, 0.3) is 0 Å². The van der Waals surface area contributed by atoms with E-state index in [1.165, 1.54) is 19.0 Å². The zero-order chi connectivity index (χ0) is 11.3. The fraction of sp³-hybridized carbons (Fsp3) is 0.364. The molecule has 0 radical (unpaired) electrons. The molecule has 0 atom stereocenters. The van der Waals surface area contributed by atoms with Gasteiger partial charge in [0.05, 0.1) is 15.4 Å². The van der Waals surface area contributed by atoms with Crippen molar-refractivity contribution in [3.05, 3.63) is 24.5 Å². The molecular formula is C11H15NO2Si. The lowest BCUT2D eigenvalue weighted by Crippen LogP contribution is -2.25. The molecule has 80 valence electrons. The summed E-state index contributed by atoms with van der Waals surface area (Å²) in [5.74, 6) is -0.422. The highest BCUT2D eigenvalue weighted by Gasteiger charge is 2.18. The van der Waals surface area contributed by atoms with E-state index >= 15 is 0 Å². The second kappa shape index (κ2) is 5.55. The van der Waals surface area contributed by atoms with E-state index in [1.807, 2.05) is 18.3 Å². The van der Waals surface area contributed by atoms with Crippen LogP contribution < -0.4 is 5.19 Å². The van der Waals surface area contributed by atoms with Crippen molar-refractivity contribution in [2.45, 2.75) is 19.9 Å². The maximum Gasteiger partial charge on any atom is 0.139 e. The molecule has 3 nitrogen and oxygen atoms in total. The van der Waals surface area contributed by atoms with Gasteiger partial charge in [-0.2, -0.15) is 0 Å². The highest BCUT2D eigenvalue weighted by molar-refractivity contribution is 6.54. The van der Waals surface area contributed by atoms with Crippen molar-refractivity contribution in [3.8, 4) is 0 Å². The lowest BCUT2D eigenvalue weighted by Gasteiger charge is -2.08. The summed E-state index contributed by atoms with van der Waals surface area (Å²) in [6, 6.07) is 4.62. The summed E-state index contributed by atoms with van der Waals surface area (Å²) in [6.45, 7) is 2.98. The van der Waals surface area contributed by atoms with Crippen molar-refractivity contribution >= 4 is 26.3 Å². The van der Waals surface area contributed by atoms with Crippen LogP contribution in [0.5, 0.6) is 0 Å². The molecule has 0 fully saturated rings. The predicted molar refractivity (Wildman–Crippen MR) is 62.1 cm³/mol. The van der Waals surface area contributed by atoms with Gasteiger partial charge in [0.1, 0.15) is 11.6 Å². The minimum atomic E-state index is -0.549. The van der Waals surface area contributed by atoms with E-state index in [4.69, 9.17) is 0 Å². The minimum Gasteiger partial charge on any atom is -0.299 e. The van der Waals surface area contributed by atoms with E-state index < -0.39 is 15.4 Å². The molecule has 15 heavy (non-hydrogen) atoms. The maximum atomic E-state index is 11.2. The molecule has 1 rings (SSSR count). The number of Topliss-reactive ketones (excluding diaryl/α,β-unsaturated/α-hetero) is 2. The van der Waals surface area contributed by atoms with Crippen LogP contribution in [0, 0.1) is 5.92 Å². The van der Waals surface area contributed by atoms with Crippen LogP contribution in [-0.4, -0.2) is 26.1 Å². The molecule has 1 heterocycles. The molecule has 0 unspecified atom stereocenters. The van der Waals surface area contributed by atoms with Gasteiger partial charge in [-0.05, 0) is 31.1 Å². The highest BCUT2D eigenvalue weighted by atomic mass is 28.2. The zero-order valence-electron chi connectivity index (χ0n) is 9.06. The number of ketones is 2. The van der Waals surface area contributed by atoms with E-state index in [9.17, 15) is 9.59 Å². The van der Waals surface area contributed by atoms with Crippen molar-refractivity contribution in [2.24, 2.45) is 5.92 Å². The molecule has 1 aromatic heterocycles. The first-order valence-electron chi connectivity index (χ1n) is 5.01. The lowest BCUT2D eigenvalue weighted by molar-refractivity contribution is -0.129. The van der Waals surface area contributed by atoms with Crippen molar-refractivity contribution in [1.82, 2.24) is 4.98 Å². The number of carbonyl (C=O) groups is 2. The summed E-state index contributed by atoms with van der Waals surface area (Å²) in [5.41, 5.74) is 0. The van der Waals surface area contributed by atoms with Crippen LogP contribution in [0.2, 0.25) is 6.04 Å². The molecule has 0 aliphatic carbocycles. The van der Waals surface area contributed by atoms with E-state index in [0.29, 0.717) is 0 Å². The maximum absolute atomic E-state index is 11.2. The van der Waals surface area contributed by atoms with Gasteiger partial charge < -0.3 is 0 Å². The van der Waals surface area contributed by atoms with Crippen molar-refractivity contribution in [3.63, 3.8) is 0 Å². The van der Waals surface area contributed by atoms with Crippen LogP contribution in [-0.2, 0) is 9.59 Å². The third-order valence-corrected chi connectivity index (χ3v) is 4.29. The molecule has 0 aliphatic rings. The zero-order valence-corrected chi connectivity index (χ0v) is 10.5. The van der Waals surface area contributed by atoms with Gasteiger partial charge in [0.25, 0.3) is 0 Å². The van der Waals surface area contributed by atoms with Gasteiger partial charge in [-0.3, -0.25) is 14.6 Å². The van der Waals surface area contributed by atoms with E-state index in [2.05, 4.69) is 4.98 Å². The molecule has 0 saturated heterocycles. The Hall–Kier alpha value is -1.29. The quantitative estimate of drug-likeness (QED) is 0.523. The molecule has 0 N–H and O–H groups in total. The highest BCUT2D eigenvalue weighted by Crippen LogP contribution is 2.05. The topological polar surface area (TPSA) is 47.0 Å². The molecular weight excluding hydrogens is 206 g/mol. The fourth-order valence-electron chi connectivity index (χ4n) is 1.55. The van der Waals surface area contributed by atoms with Gasteiger partial charge >= 0.3 is 0 Å². The molecule has 4 heteroatoms. The predicted octanol–water partition coefficient (Wildman–Crippen LogP) is 0.0882. The molecule has 1 aromatic rings. The molecule has 0 amide bonds. The Morgan fingerprint density at radius 2 is 2.07 bits per heavy atom. The monoisotopic (exact) mass is 221 g/mol. The Balaban J connectivity index is 2.55. The number of aromatic nitrogens is 1. The van der Waals surface area contributed by atoms with Gasteiger partial charge in [0.15, 0.2) is 0 Å². The molecule has 0 bridgehead atoms. The Kier molecular flexibility index (Phi) is 4.36. The van der Waals surface area contributed by atoms with Crippen LogP contribution in [0.15, 0.2) is 24.5 Å². The van der Waals surface area contributed by atoms with E-state index in [1.54, 1.807) is 6.20 Å². The lowest BCUT2D eigenvalue weighted by atomic mass is 10.0. The second-order valence-corrected chi connectivity index (χ2v) is 5.57. The SMILES string of the molecule is CC(=O)C(C[SiH2]c1cccnc1)C(C)=O. The van der Waals surface area contributed by atoms with Crippen molar-refractivity contribution in [2.75, 3.05) is 0 Å². The summed E-state index contributed by atoms with van der Waals surface area (Å²) in [5, 5.41) is 1.20. The van der Waals surface area contributed by atoms with Gasteiger partial charge in [-0.15, -0.1) is 0 Å². The van der Waals surface area contributed by atoms with Crippen LogP contribution in [0.4, 0.5) is 0 Å². The molecule has 0 saturated carbocycles. The first-order chi connectivity index (χ1) is 7.11. The Morgan fingerprint density at radius 3 is 2.53 bits per heavy atom. The Labute approximate surface area is 91.7 Å². The van der Waals surface area contributed by atoms with Crippen LogP contribution >= 0.6 is 0 Å². The number of hydrogen-bond donors (Lipinski definition) is 0. The van der Waals surface area contributed by atoms with E-state index in [0.717, 1.165) is 6.04 Å². The summed E-state index contributed by atoms with van der Waals surface area (Å²) >= 11 is 0. The minimum absolute atomic E-state index is 0.0149. The van der Waals surface area contributed by atoms with Gasteiger partial charge in [-0.25, -0.2) is 0 Å². The smallest absolute Gasteiger partial charge is 0.139 e. The average molecular weight is 221 g/mol. The number of pyridine rings is 1. The third-order valence-electron chi connectivity index (χ3n) is 2.43. The molecule has 0 spiro atoms. The summed E-state index contributed by atoms with van der Waals surface area (Å²) in [6.07, 6.45) is 3.55. The second-order valence-electron chi connectivity index (χ2n) is 3.67.